The topological polar surface area (TPSA) is 85.0 Å². The summed E-state index contributed by atoms with van der Waals surface area (Å²) in [5.74, 6) is -0.326. The van der Waals surface area contributed by atoms with Gasteiger partial charge in [-0.1, -0.05) is 35.9 Å². The average molecular weight is 560 g/mol. The second-order valence-corrected chi connectivity index (χ2v) is 10.5. The second kappa shape index (κ2) is 13.0. The van der Waals surface area contributed by atoms with Crippen LogP contribution in [0.2, 0.25) is 5.02 Å². The van der Waals surface area contributed by atoms with Crippen LogP contribution in [0.5, 0.6) is 0 Å². The monoisotopic (exact) mass is 559 g/mol. The average Bonchev–Trinajstić information content (AvgIpc) is 3.41. The summed E-state index contributed by atoms with van der Waals surface area (Å²) >= 11 is 6.12. The number of carbonyl (C=O) groups is 3. The van der Waals surface area contributed by atoms with E-state index in [-0.39, 0.29) is 17.7 Å². The minimum atomic E-state index is -0.238. The number of hydrogen-bond donors (Lipinski definition) is 2. The summed E-state index contributed by atoms with van der Waals surface area (Å²) in [5.41, 5.74) is 3.07. The van der Waals surface area contributed by atoms with Crippen LogP contribution in [0.1, 0.15) is 43.9 Å². The number of amides is 3. The number of nitrogens with one attached hydrogen (secondary N) is 2. The van der Waals surface area contributed by atoms with E-state index in [9.17, 15) is 14.4 Å². The van der Waals surface area contributed by atoms with E-state index < -0.39 is 0 Å². The zero-order valence-corrected chi connectivity index (χ0v) is 23.2. The third-order valence-corrected chi connectivity index (χ3v) is 7.59. The normalized spacial score (nSPS) is 16.2. The van der Waals surface area contributed by atoms with Crippen molar-refractivity contribution in [2.24, 2.45) is 0 Å². The number of rotatable bonds is 5. The molecule has 3 amide bonds. The Bertz CT molecular complexity index is 1360. The highest BCUT2D eigenvalue weighted by atomic mass is 35.5. The second-order valence-electron chi connectivity index (χ2n) is 10.1. The Labute approximate surface area is 239 Å². The number of benzene rings is 3. The third kappa shape index (κ3) is 6.63. The molecular weight excluding hydrogens is 526 g/mol. The van der Waals surface area contributed by atoms with Crippen LogP contribution in [-0.2, 0) is 0 Å². The highest BCUT2D eigenvalue weighted by Crippen LogP contribution is 2.30. The number of nitrogens with zero attached hydrogens (tertiary/aromatic N) is 3. The van der Waals surface area contributed by atoms with Crippen molar-refractivity contribution in [1.82, 2.24) is 15.1 Å². The molecule has 208 valence electrons. The molecule has 2 heterocycles. The molecule has 40 heavy (non-hydrogen) atoms. The SMILES string of the molecule is O=C(Nc1cc(C(=O)N2CCCNCC2)ccc1N1CCCN(C(=O)c2cccc(Cl)c2)CC1)c1ccccc1. The smallest absolute Gasteiger partial charge is 0.255 e. The summed E-state index contributed by atoms with van der Waals surface area (Å²) in [5, 5.41) is 6.93. The van der Waals surface area contributed by atoms with Gasteiger partial charge >= 0.3 is 0 Å². The molecule has 0 saturated carbocycles. The summed E-state index contributed by atoms with van der Waals surface area (Å²) in [6.45, 7) is 5.44. The van der Waals surface area contributed by atoms with Gasteiger partial charge in [0.15, 0.2) is 0 Å². The zero-order valence-electron chi connectivity index (χ0n) is 22.4. The van der Waals surface area contributed by atoms with E-state index in [1.165, 1.54) is 0 Å². The summed E-state index contributed by atoms with van der Waals surface area (Å²) in [6, 6.07) is 21.6. The molecule has 2 fully saturated rings. The lowest BCUT2D eigenvalue weighted by atomic mass is 10.1. The molecule has 2 aliphatic rings. The summed E-state index contributed by atoms with van der Waals surface area (Å²) < 4.78 is 0. The summed E-state index contributed by atoms with van der Waals surface area (Å²) in [4.78, 5) is 45.6. The molecule has 2 N–H and O–H groups in total. The van der Waals surface area contributed by atoms with E-state index in [4.69, 9.17) is 11.6 Å². The van der Waals surface area contributed by atoms with E-state index in [1.54, 1.807) is 42.5 Å². The van der Waals surface area contributed by atoms with Gasteiger partial charge in [-0.25, -0.2) is 0 Å². The lowest BCUT2D eigenvalue weighted by molar-refractivity contribution is 0.0759. The van der Waals surface area contributed by atoms with Gasteiger partial charge in [0.1, 0.15) is 0 Å². The van der Waals surface area contributed by atoms with E-state index in [1.807, 2.05) is 40.1 Å². The predicted molar refractivity (Wildman–Crippen MR) is 158 cm³/mol. The first-order valence-corrected chi connectivity index (χ1v) is 14.2. The number of halogens is 1. The minimum absolute atomic E-state index is 0.0420. The van der Waals surface area contributed by atoms with Gasteiger partial charge in [-0.05, 0) is 67.9 Å². The largest absolute Gasteiger partial charge is 0.368 e. The standard InChI is InChI=1S/C31H34ClN5O3/c32-26-10-4-9-24(21-26)30(39)37-17-6-16-35(19-20-37)28-12-11-25(31(40)36-15-5-13-33-14-18-36)22-27(28)34-29(38)23-7-2-1-3-8-23/h1-4,7-12,21-22,33H,5-6,13-20H2,(H,34,38). The van der Waals surface area contributed by atoms with Gasteiger partial charge in [-0.15, -0.1) is 0 Å². The van der Waals surface area contributed by atoms with Gasteiger partial charge in [-0.2, -0.15) is 0 Å². The van der Waals surface area contributed by atoms with Crippen LogP contribution in [0, 0.1) is 0 Å². The van der Waals surface area contributed by atoms with Crippen molar-refractivity contribution in [3.63, 3.8) is 0 Å². The Morgan fingerprint density at radius 3 is 2.20 bits per heavy atom. The van der Waals surface area contributed by atoms with Crippen molar-refractivity contribution in [1.29, 1.82) is 0 Å². The van der Waals surface area contributed by atoms with E-state index in [2.05, 4.69) is 15.5 Å². The lowest BCUT2D eigenvalue weighted by Crippen LogP contribution is -2.35. The maximum absolute atomic E-state index is 13.4. The van der Waals surface area contributed by atoms with Crippen molar-refractivity contribution in [3.05, 3.63) is 94.5 Å². The zero-order chi connectivity index (χ0) is 27.9. The Balaban J connectivity index is 1.39. The molecule has 0 bridgehead atoms. The van der Waals surface area contributed by atoms with Crippen molar-refractivity contribution in [3.8, 4) is 0 Å². The van der Waals surface area contributed by atoms with Gasteiger partial charge in [0, 0.05) is 67.5 Å². The molecule has 9 heteroatoms. The summed E-state index contributed by atoms with van der Waals surface area (Å²) in [7, 11) is 0. The predicted octanol–water partition coefficient (Wildman–Crippen LogP) is 4.38. The number of carbonyl (C=O) groups excluding carboxylic acids is 3. The molecule has 3 aromatic carbocycles. The first kappa shape index (κ1) is 27.7. The Morgan fingerprint density at radius 1 is 0.675 bits per heavy atom. The third-order valence-electron chi connectivity index (χ3n) is 7.35. The van der Waals surface area contributed by atoms with Crippen molar-refractivity contribution in [2.45, 2.75) is 12.8 Å². The van der Waals surface area contributed by atoms with Crippen LogP contribution in [0.15, 0.2) is 72.8 Å². The van der Waals surface area contributed by atoms with Gasteiger partial charge in [0.05, 0.1) is 11.4 Å². The molecule has 3 aromatic rings. The maximum Gasteiger partial charge on any atom is 0.255 e. The van der Waals surface area contributed by atoms with Crippen molar-refractivity contribution in [2.75, 3.05) is 62.6 Å². The van der Waals surface area contributed by atoms with Crippen LogP contribution < -0.4 is 15.5 Å². The van der Waals surface area contributed by atoms with Crippen LogP contribution in [0.25, 0.3) is 0 Å². The Kier molecular flexibility index (Phi) is 8.98. The molecular formula is C31H34ClN5O3. The fourth-order valence-electron chi connectivity index (χ4n) is 5.23. The lowest BCUT2D eigenvalue weighted by Gasteiger charge is -2.27. The first-order valence-electron chi connectivity index (χ1n) is 13.8. The van der Waals surface area contributed by atoms with Crippen LogP contribution >= 0.6 is 11.6 Å². The molecule has 0 unspecified atom stereocenters. The summed E-state index contributed by atoms with van der Waals surface area (Å²) in [6.07, 6.45) is 1.67. The quantitative estimate of drug-likeness (QED) is 0.485. The molecule has 0 atom stereocenters. The molecule has 0 spiro atoms. The highest BCUT2D eigenvalue weighted by molar-refractivity contribution is 6.31. The van der Waals surface area contributed by atoms with Crippen LogP contribution in [0.4, 0.5) is 11.4 Å². The molecule has 0 aliphatic carbocycles. The number of anilines is 2. The van der Waals surface area contributed by atoms with Gasteiger partial charge < -0.3 is 25.3 Å². The van der Waals surface area contributed by atoms with Crippen LogP contribution in [-0.4, -0.2) is 79.9 Å². The molecule has 0 radical (unpaired) electrons. The molecule has 8 nitrogen and oxygen atoms in total. The van der Waals surface area contributed by atoms with Gasteiger partial charge in [-0.3, -0.25) is 14.4 Å². The fourth-order valence-corrected chi connectivity index (χ4v) is 5.42. The van der Waals surface area contributed by atoms with Crippen LogP contribution in [0.3, 0.4) is 0 Å². The Hall–Kier alpha value is -3.88. The van der Waals surface area contributed by atoms with E-state index >= 15 is 0 Å². The van der Waals surface area contributed by atoms with E-state index in [0.29, 0.717) is 66.7 Å². The molecule has 2 saturated heterocycles. The Morgan fingerprint density at radius 2 is 1.40 bits per heavy atom. The number of hydrogen-bond acceptors (Lipinski definition) is 5. The molecule has 5 rings (SSSR count). The van der Waals surface area contributed by atoms with Gasteiger partial charge in [0.2, 0.25) is 0 Å². The van der Waals surface area contributed by atoms with E-state index in [0.717, 1.165) is 31.6 Å². The highest BCUT2D eigenvalue weighted by Gasteiger charge is 2.24. The molecule has 2 aliphatic heterocycles. The maximum atomic E-state index is 13.4. The first-order chi connectivity index (χ1) is 19.5. The minimum Gasteiger partial charge on any atom is -0.368 e. The fraction of sp³-hybridized carbons (Fsp3) is 0.323. The molecule has 0 aromatic heterocycles. The van der Waals surface area contributed by atoms with Crippen molar-refractivity contribution < 1.29 is 14.4 Å². The van der Waals surface area contributed by atoms with Gasteiger partial charge in [0.25, 0.3) is 17.7 Å². The van der Waals surface area contributed by atoms with Crippen molar-refractivity contribution >= 4 is 40.7 Å².